The van der Waals surface area contributed by atoms with Crippen molar-refractivity contribution in [3.63, 3.8) is 0 Å². The van der Waals surface area contributed by atoms with Gasteiger partial charge < -0.3 is 14.8 Å². The lowest BCUT2D eigenvalue weighted by molar-refractivity contribution is 0.460. The molecule has 2 aromatic heterocycles. The lowest BCUT2D eigenvalue weighted by Gasteiger charge is -2.22. The summed E-state index contributed by atoms with van der Waals surface area (Å²) in [5.74, 6) is 0.909. The van der Waals surface area contributed by atoms with Crippen LogP contribution >= 0.6 is 35.6 Å². The summed E-state index contributed by atoms with van der Waals surface area (Å²) in [6, 6.07) is 1.99. The summed E-state index contributed by atoms with van der Waals surface area (Å²) < 4.78 is 4.01. The SMILES string of the molecule is CCNC(=NCCCn1cc(C)cn1)N(C)Cc1cc(Cl)cn1C.I. The number of halogens is 2. The second-order valence-corrected chi connectivity index (χ2v) is 6.42. The van der Waals surface area contributed by atoms with Gasteiger partial charge in [-0.15, -0.1) is 24.0 Å². The van der Waals surface area contributed by atoms with Crippen LogP contribution in [0.3, 0.4) is 0 Å². The molecule has 0 aliphatic heterocycles. The Morgan fingerprint density at radius 1 is 1.40 bits per heavy atom. The van der Waals surface area contributed by atoms with Crippen LogP contribution in [0.5, 0.6) is 0 Å². The van der Waals surface area contributed by atoms with E-state index < -0.39 is 0 Å². The molecule has 0 aliphatic rings. The third-order valence-electron chi connectivity index (χ3n) is 3.74. The van der Waals surface area contributed by atoms with E-state index in [-0.39, 0.29) is 24.0 Å². The maximum Gasteiger partial charge on any atom is 0.194 e. The number of aromatic nitrogens is 3. The monoisotopic (exact) mass is 478 g/mol. The Bertz CT molecular complexity index is 678. The first-order valence-corrected chi connectivity index (χ1v) is 8.66. The highest BCUT2D eigenvalue weighted by Crippen LogP contribution is 2.14. The van der Waals surface area contributed by atoms with E-state index in [1.165, 1.54) is 5.56 Å². The maximum absolute atomic E-state index is 6.06. The number of aliphatic imine (C=N–C) groups is 1. The van der Waals surface area contributed by atoms with E-state index in [0.29, 0.717) is 0 Å². The molecule has 140 valence electrons. The first-order chi connectivity index (χ1) is 11.5. The van der Waals surface area contributed by atoms with Gasteiger partial charge in [-0.25, -0.2) is 0 Å². The van der Waals surface area contributed by atoms with Gasteiger partial charge in [0.1, 0.15) is 0 Å². The van der Waals surface area contributed by atoms with Gasteiger partial charge in [-0.2, -0.15) is 5.10 Å². The number of hydrogen-bond acceptors (Lipinski definition) is 2. The van der Waals surface area contributed by atoms with Crippen molar-refractivity contribution in [2.24, 2.45) is 12.0 Å². The zero-order valence-corrected chi connectivity index (χ0v) is 18.5. The van der Waals surface area contributed by atoms with Crippen molar-refractivity contribution in [1.29, 1.82) is 0 Å². The molecule has 0 amide bonds. The van der Waals surface area contributed by atoms with Gasteiger partial charge in [-0.3, -0.25) is 9.67 Å². The molecule has 6 nitrogen and oxygen atoms in total. The fraction of sp³-hybridized carbons (Fsp3) is 0.529. The molecule has 0 saturated carbocycles. The van der Waals surface area contributed by atoms with Crippen LogP contribution in [-0.4, -0.2) is 45.3 Å². The average Bonchev–Trinajstić information content (AvgIpc) is 3.07. The first-order valence-electron chi connectivity index (χ1n) is 8.29. The number of aryl methyl sites for hydroxylation is 3. The van der Waals surface area contributed by atoms with Gasteiger partial charge in [0.15, 0.2) is 5.96 Å². The summed E-state index contributed by atoms with van der Waals surface area (Å²) in [5, 5.41) is 8.40. The Labute approximate surface area is 172 Å². The molecule has 0 spiro atoms. The molecule has 8 heteroatoms. The van der Waals surface area contributed by atoms with E-state index >= 15 is 0 Å². The molecule has 0 fully saturated rings. The van der Waals surface area contributed by atoms with Crippen LogP contribution < -0.4 is 5.32 Å². The molecule has 2 aromatic rings. The van der Waals surface area contributed by atoms with Crippen LogP contribution in [0.1, 0.15) is 24.6 Å². The molecule has 0 bridgehead atoms. The second-order valence-electron chi connectivity index (χ2n) is 5.99. The Kier molecular flexibility index (Phi) is 9.34. The van der Waals surface area contributed by atoms with Crippen LogP contribution in [0.2, 0.25) is 5.02 Å². The summed E-state index contributed by atoms with van der Waals surface area (Å²) in [6.07, 6.45) is 6.81. The number of nitrogens with one attached hydrogen (secondary N) is 1. The van der Waals surface area contributed by atoms with Crippen molar-refractivity contribution in [3.8, 4) is 0 Å². The van der Waals surface area contributed by atoms with Crippen molar-refractivity contribution < 1.29 is 0 Å². The zero-order chi connectivity index (χ0) is 17.5. The fourth-order valence-electron chi connectivity index (χ4n) is 2.52. The maximum atomic E-state index is 6.06. The molecular formula is C17H28ClIN6. The molecule has 0 aromatic carbocycles. The van der Waals surface area contributed by atoms with E-state index in [0.717, 1.165) is 49.3 Å². The topological polar surface area (TPSA) is 50.4 Å². The molecule has 0 aliphatic carbocycles. The lowest BCUT2D eigenvalue weighted by Crippen LogP contribution is -2.38. The first kappa shape index (κ1) is 21.8. The Balaban J connectivity index is 0.00000312. The second kappa shape index (κ2) is 10.7. The quantitative estimate of drug-likeness (QED) is 0.288. The lowest BCUT2D eigenvalue weighted by atomic mass is 10.4. The van der Waals surface area contributed by atoms with Gasteiger partial charge in [0.25, 0.3) is 0 Å². The highest BCUT2D eigenvalue weighted by Gasteiger charge is 2.09. The van der Waals surface area contributed by atoms with E-state index in [9.17, 15) is 0 Å². The highest BCUT2D eigenvalue weighted by molar-refractivity contribution is 14.0. The average molecular weight is 479 g/mol. The van der Waals surface area contributed by atoms with Gasteiger partial charge >= 0.3 is 0 Å². The summed E-state index contributed by atoms with van der Waals surface area (Å²) in [5.41, 5.74) is 2.34. The van der Waals surface area contributed by atoms with Crippen molar-refractivity contribution in [2.45, 2.75) is 33.4 Å². The van der Waals surface area contributed by atoms with Crippen LogP contribution in [-0.2, 0) is 20.1 Å². The minimum Gasteiger partial charge on any atom is -0.357 e. The van der Waals surface area contributed by atoms with E-state index in [1.807, 2.05) is 41.8 Å². The summed E-state index contributed by atoms with van der Waals surface area (Å²) in [7, 11) is 4.05. The number of hydrogen-bond donors (Lipinski definition) is 1. The molecular weight excluding hydrogens is 451 g/mol. The predicted octanol–water partition coefficient (Wildman–Crippen LogP) is 3.29. The van der Waals surface area contributed by atoms with Gasteiger partial charge in [0, 0.05) is 51.8 Å². The summed E-state index contributed by atoms with van der Waals surface area (Å²) in [6.45, 7) is 7.38. The van der Waals surface area contributed by atoms with Crippen molar-refractivity contribution >= 4 is 41.5 Å². The minimum absolute atomic E-state index is 0. The molecule has 0 radical (unpaired) electrons. The Morgan fingerprint density at radius 2 is 2.16 bits per heavy atom. The van der Waals surface area contributed by atoms with Crippen LogP contribution in [0, 0.1) is 6.92 Å². The van der Waals surface area contributed by atoms with Gasteiger partial charge in [0.05, 0.1) is 17.8 Å². The van der Waals surface area contributed by atoms with Crippen LogP contribution in [0.4, 0.5) is 0 Å². The Morgan fingerprint density at radius 3 is 2.72 bits per heavy atom. The molecule has 0 unspecified atom stereocenters. The summed E-state index contributed by atoms with van der Waals surface area (Å²) >= 11 is 6.06. The third kappa shape index (κ3) is 6.89. The normalized spacial score (nSPS) is 11.3. The standard InChI is InChI=1S/C17H27ClN6.HI/c1-5-19-17(20-7-6-8-24-11-14(2)10-21-24)23(4)13-16-9-15(18)12-22(16)3;/h9-12H,5-8,13H2,1-4H3,(H,19,20);1H. The largest absolute Gasteiger partial charge is 0.357 e. The highest BCUT2D eigenvalue weighted by atomic mass is 127. The number of guanidine groups is 1. The van der Waals surface area contributed by atoms with Gasteiger partial charge in [-0.1, -0.05) is 11.6 Å². The van der Waals surface area contributed by atoms with E-state index in [1.54, 1.807) is 0 Å². The predicted molar refractivity (Wildman–Crippen MR) is 115 cm³/mol. The molecule has 2 heterocycles. The van der Waals surface area contributed by atoms with E-state index in [2.05, 4.69) is 35.4 Å². The molecule has 25 heavy (non-hydrogen) atoms. The molecule has 0 atom stereocenters. The minimum atomic E-state index is 0. The number of nitrogens with zero attached hydrogens (tertiary/aromatic N) is 5. The fourth-order valence-corrected chi connectivity index (χ4v) is 2.79. The van der Waals surface area contributed by atoms with E-state index in [4.69, 9.17) is 16.6 Å². The third-order valence-corrected chi connectivity index (χ3v) is 3.95. The molecule has 0 saturated heterocycles. The van der Waals surface area contributed by atoms with Crippen molar-refractivity contribution in [3.05, 3.63) is 40.9 Å². The van der Waals surface area contributed by atoms with Gasteiger partial charge in [0.2, 0.25) is 0 Å². The smallest absolute Gasteiger partial charge is 0.194 e. The van der Waals surface area contributed by atoms with Crippen LogP contribution in [0.15, 0.2) is 29.6 Å². The van der Waals surface area contributed by atoms with Crippen molar-refractivity contribution in [2.75, 3.05) is 20.1 Å². The van der Waals surface area contributed by atoms with Crippen molar-refractivity contribution in [1.82, 2.24) is 24.6 Å². The van der Waals surface area contributed by atoms with Gasteiger partial charge in [-0.05, 0) is 31.9 Å². The number of rotatable bonds is 7. The van der Waals surface area contributed by atoms with Crippen LogP contribution in [0.25, 0.3) is 0 Å². The molecule has 1 N–H and O–H groups in total. The summed E-state index contributed by atoms with van der Waals surface area (Å²) in [4.78, 5) is 6.83. The Hall–Kier alpha value is -1.22. The zero-order valence-electron chi connectivity index (χ0n) is 15.4. The molecule has 2 rings (SSSR count).